The lowest BCUT2D eigenvalue weighted by Gasteiger charge is -2.26. The Morgan fingerprint density at radius 3 is 2.62 bits per heavy atom. The van der Waals surface area contributed by atoms with Gasteiger partial charge in [-0.15, -0.1) is 0 Å². The van der Waals surface area contributed by atoms with Gasteiger partial charge < -0.3 is 15.8 Å². The number of pyridine rings is 1. The van der Waals surface area contributed by atoms with E-state index in [1.807, 2.05) is 42.5 Å². The second-order valence-corrected chi connectivity index (χ2v) is 9.67. The van der Waals surface area contributed by atoms with Crippen molar-refractivity contribution in [3.63, 3.8) is 0 Å². The van der Waals surface area contributed by atoms with Crippen molar-refractivity contribution in [1.29, 1.82) is 0 Å². The molecule has 4 N–H and O–H groups in total. The molecule has 174 valence electrons. The molecular formula is C25H24ClFN6S. The minimum Gasteiger partial charge on any atom is -0.351 e. The van der Waals surface area contributed by atoms with Crippen LogP contribution in [0.1, 0.15) is 25.7 Å². The van der Waals surface area contributed by atoms with Gasteiger partial charge in [-0.05, 0) is 61.9 Å². The number of fused-ring (bicyclic) bond motifs is 1. The Labute approximate surface area is 206 Å². The number of hydrogen-bond acceptors (Lipinski definition) is 7. The zero-order valence-electron chi connectivity index (χ0n) is 18.3. The first kappa shape index (κ1) is 22.8. The molecule has 4 aromatic rings. The lowest BCUT2D eigenvalue weighted by atomic mass is 9.92. The lowest BCUT2D eigenvalue weighted by Crippen LogP contribution is -2.33. The highest BCUT2D eigenvalue weighted by Gasteiger charge is 2.19. The summed E-state index contributed by atoms with van der Waals surface area (Å²) in [5.74, 6) is 0.190. The Balaban J connectivity index is 1.30. The Morgan fingerprint density at radius 2 is 1.82 bits per heavy atom. The molecule has 5 rings (SSSR count). The number of anilines is 2. The maximum Gasteiger partial charge on any atom is 0.223 e. The van der Waals surface area contributed by atoms with Crippen LogP contribution in [0.15, 0.2) is 65.8 Å². The molecule has 0 unspecified atom stereocenters. The molecule has 34 heavy (non-hydrogen) atoms. The Bertz CT molecular complexity index is 1310. The van der Waals surface area contributed by atoms with Crippen LogP contribution in [0.5, 0.6) is 0 Å². The van der Waals surface area contributed by atoms with Crippen LogP contribution in [0.25, 0.3) is 22.2 Å². The smallest absolute Gasteiger partial charge is 0.223 e. The summed E-state index contributed by atoms with van der Waals surface area (Å²) in [6.07, 6.45) is 7.44. The van der Waals surface area contributed by atoms with Gasteiger partial charge in [-0.3, -0.25) is 4.98 Å². The molecule has 6 nitrogen and oxygen atoms in total. The largest absolute Gasteiger partial charge is 0.351 e. The zero-order valence-corrected chi connectivity index (χ0v) is 19.9. The van der Waals surface area contributed by atoms with Crippen molar-refractivity contribution in [2.45, 2.75) is 42.7 Å². The number of nitrogens with zero attached hydrogens (tertiary/aromatic N) is 3. The van der Waals surface area contributed by atoms with Gasteiger partial charge in [0.2, 0.25) is 5.95 Å². The van der Waals surface area contributed by atoms with Gasteiger partial charge in [0.25, 0.3) is 0 Å². The molecule has 1 saturated carbocycles. The quantitative estimate of drug-likeness (QED) is 0.271. The van der Waals surface area contributed by atoms with Crippen LogP contribution >= 0.6 is 23.5 Å². The van der Waals surface area contributed by atoms with E-state index < -0.39 is 5.82 Å². The molecule has 0 amide bonds. The fraction of sp³-hybridized carbons (Fsp3) is 0.240. The van der Waals surface area contributed by atoms with Gasteiger partial charge >= 0.3 is 0 Å². The Hall–Kier alpha value is -2.94. The average molecular weight is 495 g/mol. The summed E-state index contributed by atoms with van der Waals surface area (Å²) in [6.45, 7) is 0. The summed E-state index contributed by atoms with van der Waals surface area (Å²) in [5, 5.41) is 4.87. The molecule has 0 bridgehead atoms. The van der Waals surface area contributed by atoms with Crippen LogP contribution < -0.4 is 15.8 Å². The number of rotatable bonds is 6. The molecule has 2 aromatic carbocycles. The maximum atomic E-state index is 14.9. The summed E-state index contributed by atoms with van der Waals surface area (Å²) < 4.78 is 18.0. The molecule has 0 saturated heterocycles. The first-order valence-corrected chi connectivity index (χ1v) is 12.4. The van der Waals surface area contributed by atoms with Gasteiger partial charge in [-0.2, -0.15) is 0 Å². The fourth-order valence-corrected chi connectivity index (χ4v) is 4.95. The van der Waals surface area contributed by atoms with Crippen LogP contribution in [0.2, 0.25) is 5.02 Å². The molecule has 1 fully saturated rings. The van der Waals surface area contributed by atoms with Gasteiger partial charge in [0, 0.05) is 40.2 Å². The second-order valence-electron chi connectivity index (χ2n) is 8.41. The number of hydrogen-bond donors (Lipinski definition) is 3. The standard InChI is InChI=1S/C25H24ClFN6S/c26-20-3-1-2-4-23(20)34-33-19-12-21(27)24(29-14-19)15-5-10-22-16(11-15)13-30-25(32-22)31-18-8-6-17(28)7-9-18/h1-5,10-14,17-18,33H,6-9,28H2,(H,30,31,32)/t17-,18-. The Kier molecular flexibility index (Phi) is 6.80. The molecule has 1 aliphatic carbocycles. The van der Waals surface area contributed by atoms with E-state index in [1.54, 1.807) is 12.4 Å². The number of benzene rings is 2. The number of nitrogens with two attached hydrogens (primary N) is 1. The van der Waals surface area contributed by atoms with Crippen molar-refractivity contribution in [1.82, 2.24) is 15.0 Å². The van der Waals surface area contributed by atoms with Gasteiger partial charge in [-0.25, -0.2) is 14.4 Å². The third kappa shape index (κ3) is 5.24. The highest BCUT2D eigenvalue weighted by molar-refractivity contribution is 8.00. The minimum absolute atomic E-state index is 0.274. The van der Waals surface area contributed by atoms with Gasteiger partial charge in [0.15, 0.2) is 5.82 Å². The summed E-state index contributed by atoms with van der Waals surface area (Å²) in [4.78, 5) is 14.3. The van der Waals surface area contributed by atoms with Crippen molar-refractivity contribution < 1.29 is 4.39 Å². The van der Waals surface area contributed by atoms with E-state index in [2.05, 4.69) is 25.0 Å². The molecule has 2 aromatic heterocycles. The van der Waals surface area contributed by atoms with Crippen LogP contribution in [0.3, 0.4) is 0 Å². The van der Waals surface area contributed by atoms with Crippen LogP contribution in [-0.4, -0.2) is 27.0 Å². The van der Waals surface area contributed by atoms with E-state index in [0.29, 0.717) is 34.3 Å². The van der Waals surface area contributed by atoms with Crippen LogP contribution in [0, 0.1) is 5.82 Å². The van der Waals surface area contributed by atoms with E-state index in [4.69, 9.17) is 17.3 Å². The Morgan fingerprint density at radius 1 is 1.00 bits per heavy atom. The van der Waals surface area contributed by atoms with Crippen molar-refractivity contribution in [2.24, 2.45) is 5.73 Å². The number of aromatic nitrogens is 3. The van der Waals surface area contributed by atoms with E-state index in [1.165, 1.54) is 18.0 Å². The van der Waals surface area contributed by atoms with Crippen molar-refractivity contribution in [3.8, 4) is 11.3 Å². The molecule has 0 aliphatic heterocycles. The molecule has 1 aliphatic rings. The third-order valence-corrected chi connectivity index (χ3v) is 7.27. The normalized spacial score (nSPS) is 18.1. The van der Waals surface area contributed by atoms with Gasteiger partial charge in [-0.1, -0.05) is 29.8 Å². The molecule has 0 radical (unpaired) electrons. The molecular weight excluding hydrogens is 471 g/mol. The van der Waals surface area contributed by atoms with Gasteiger partial charge in [0.1, 0.15) is 5.69 Å². The third-order valence-electron chi connectivity index (χ3n) is 5.91. The molecule has 0 spiro atoms. The summed E-state index contributed by atoms with van der Waals surface area (Å²) in [6, 6.07) is 15.1. The predicted octanol–water partition coefficient (Wildman–Crippen LogP) is 6.29. The van der Waals surface area contributed by atoms with E-state index in [9.17, 15) is 4.39 Å². The topological polar surface area (TPSA) is 88.8 Å². The average Bonchev–Trinajstić information content (AvgIpc) is 2.85. The SMILES string of the molecule is N[C@H]1CC[C@H](Nc2ncc3cc(-c4ncc(NSc5ccccc5Cl)cc4F)ccc3n2)CC1. The first-order valence-electron chi connectivity index (χ1n) is 11.2. The summed E-state index contributed by atoms with van der Waals surface area (Å²) >= 11 is 7.48. The van der Waals surface area contributed by atoms with Crippen LogP contribution in [0.4, 0.5) is 16.0 Å². The predicted molar refractivity (Wildman–Crippen MR) is 138 cm³/mol. The van der Waals surface area contributed by atoms with E-state index in [-0.39, 0.29) is 5.69 Å². The number of nitrogens with one attached hydrogen (secondary N) is 2. The highest BCUT2D eigenvalue weighted by atomic mass is 35.5. The molecule has 2 heterocycles. The van der Waals surface area contributed by atoms with Crippen molar-refractivity contribution >= 4 is 46.1 Å². The monoisotopic (exact) mass is 494 g/mol. The molecule has 0 atom stereocenters. The summed E-state index contributed by atoms with van der Waals surface area (Å²) in [5.41, 5.74) is 8.28. The first-order chi connectivity index (χ1) is 16.5. The molecule has 9 heteroatoms. The highest BCUT2D eigenvalue weighted by Crippen LogP contribution is 2.30. The fourth-order valence-electron chi connectivity index (χ4n) is 4.04. The zero-order chi connectivity index (χ0) is 23.5. The lowest BCUT2D eigenvalue weighted by molar-refractivity contribution is 0.410. The summed E-state index contributed by atoms with van der Waals surface area (Å²) in [7, 11) is 0. The minimum atomic E-state index is -0.418. The van der Waals surface area contributed by atoms with E-state index >= 15 is 0 Å². The second kappa shape index (κ2) is 10.1. The number of halogens is 2. The van der Waals surface area contributed by atoms with Gasteiger partial charge in [0.05, 0.1) is 22.4 Å². The van der Waals surface area contributed by atoms with Crippen molar-refractivity contribution in [2.75, 3.05) is 10.0 Å². The van der Waals surface area contributed by atoms with E-state index in [0.717, 1.165) is 41.5 Å². The maximum absolute atomic E-state index is 14.9. The van der Waals surface area contributed by atoms with Crippen LogP contribution in [-0.2, 0) is 0 Å². The van der Waals surface area contributed by atoms with Crippen molar-refractivity contribution in [3.05, 3.63) is 71.8 Å².